The predicted octanol–water partition coefficient (Wildman–Crippen LogP) is 6.86. The third kappa shape index (κ3) is 6.07. The molecule has 0 fully saturated rings. The van der Waals surface area contributed by atoms with Crippen molar-refractivity contribution in [2.45, 2.75) is 57.6 Å². The first-order valence-electron chi connectivity index (χ1n) is 15.0. The van der Waals surface area contributed by atoms with Gasteiger partial charge in [0.15, 0.2) is 11.5 Å². The lowest BCUT2D eigenvalue weighted by molar-refractivity contribution is -0.132. The van der Waals surface area contributed by atoms with Gasteiger partial charge < -0.3 is 19.3 Å². The number of thiophene rings is 2. The Kier molecular flexibility index (Phi) is 9.19. The maximum atomic E-state index is 13.9. The summed E-state index contributed by atoms with van der Waals surface area (Å²) in [5.41, 5.74) is 4.97. The van der Waals surface area contributed by atoms with Gasteiger partial charge in [0.05, 0.1) is 36.5 Å². The van der Waals surface area contributed by atoms with E-state index in [9.17, 15) is 19.2 Å². The number of halogens is 2. The Morgan fingerprint density at radius 3 is 1.51 bits per heavy atom. The van der Waals surface area contributed by atoms with Crippen LogP contribution in [0.15, 0.2) is 22.9 Å². The average molecular weight is 707 g/mol. The fourth-order valence-electron chi connectivity index (χ4n) is 6.81. The molecule has 47 heavy (non-hydrogen) atoms. The SMILES string of the molecule is [B]C([B])(CC(=O)N1C[C@@H](CCl)c2c1cc(OC(C)=O)c1scc(C)c21)CC(=O)N1C[C@@H](CCl)c2c1cc(OC(C)=O)c1scc(C)c21. The zero-order chi connectivity index (χ0) is 33.9. The normalized spacial score (nSPS) is 17.3. The van der Waals surface area contributed by atoms with Crippen molar-refractivity contribution >= 4 is 117 Å². The summed E-state index contributed by atoms with van der Waals surface area (Å²) in [6.45, 7) is 7.17. The van der Waals surface area contributed by atoms with E-state index in [0.717, 1.165) is 42.4 Å². The van der Waals surface area contributed by atoms with E-state index in [1.54, 1.807) is 21.9 Å². The van der Waals surface area contributed by atoms with Crippen LogP contribution in [-0.4, -0.2) is 64.3 Å². The molecule has 2 aromatic carbocycles. The zero-order valence-electron chi connectivity index (χ0n) is 26.3. The molecule has 0 bridgehead atoms. The van der Waals surface area contributed by atoms with E-state index in [2.05, 4.69) is 0 Å². The minimum absolute atomic E-state index is 0.165. The zero-order valence-corrected chi connectivity index (χ0v) is 29.4. The summed E-state index contributed by atoms with van der Waals surface area (Å²) in [6.07, 6.45) is -0.671. The Labute approximate surface area is 293 Å². The number of anilines is 2. The van der Waals surface area contributed by atoms with Crippen molar-refractivity contribution in [3.05, 3.63) is 45.1 Å². The monoisotopic (exact) mass is 706 g/mol. The van der Waals surface area contributed by atoms with Crippen molar-refractivity contribution in [1.82, 2.24) is 0 Å². The molecular formula is C33H30B2Cl2N2O6S2. The average Bonchev–Trinajstić information content (AvgIpc) is 3.75. The lowest BCUT2D eigenvalue weighted by Crippen LogP contribution is -2.37. The van der Waals surface area contributed by atoms with Crippen LogP contribution in [-0.2, 0) is 19.2 Å². The second kappa shape index (κ2) is 12.8. The first-order valence-corrected chi connectivity index (χ1v) is 17.8. The number of nitrogens with zero attached hydrogens (tertiary/aromatic N) is 2. The molecule has 2 aliphatic heterocycles. The molecule has 8 nitrogen and oxygen atoms in total. The Balaban J connectivity index is 1.28. The summed E-state index contributed by atoms with van der Waals surface area (Å²) < 4.78 is 12.7. The van der Waals surface area contributed by atoms with Gasteiger partial charge in [0.2, 0.25) is 11.8 Å². The van der Waals surface area contributed by atoms with Crippen molar-refractivity contribution in [2.75, 3.05) is 34.6 Å². The van der Waals surface area contributed by atoms with E-state index in [1.807, 2.05) is 24.6 Å². The third-order valence-corrected chi connectivity index (χ3v) is 11.6. The highest BCUT2D eigenvalue weighted by molar-refractivity contribution is 7.18. The number of alkyl halides is 2. The van der Waals surface area contributed by atoms with Gasteiger partial charge in [0, 0.05) is 86.3 Å². The number of hydrogen-bond donors (Lipinski definition) is 0. The highest BCUT2D eigenvalue weighted by atomic mass is 35.5. The standard InChI is InChI=1S/C33H30B2Cl2N2O6S2/c1-15-13-46-31-23(44-17(3)40)5-21-29(27(15)31)19(9-36)11-38(21)25(42)7-33(34,35)8-26(43)39-12-20(10-37)30-22(39)6-24(45-18(4)41)32-28(30)16(2)14-47-32/h5-6,13-14,19-20H,7-12H2,1-4H3/t19-,20-/m1/s1. The number of esters is 2. The summed E-state index contributed by atoms with van der Waals surface area (Å²) in [5, 5.41) is 4.09. The van der Waals surface area contributed by atoms with Crippen molar-refractivity contribution < 1.29 is 28.7 Å². The molecule has 0 saturated carbocycles. The molecule has 0 unspecified atom stereocenters. The van der Waals surface area contributed by atoms with Crippen molar-refractivity contribution in [3.63, 3.8) is 0 Å². The fraction of sp³-hybridized carbons (Fsp3) is 0.394. The van der Waals surface area contributed by atoms with Crippen molar-refractivity contribution in [2.24, 2.45) is 0 Å². The number of hydrogen-bond acceptors (Lipinski definition) is 8. The van der Waals surface area contributed by atoms with E-state index in [-0.39, 0.29) is 48.3 Å². The highest BCUT2D eigenvalue weighted by Gasteiger charge is 2.40. The van der Waals surface area contributed by atoms with E-state index in [0.29, 0.717) is 36.0 Å². The predicted molar refractivity (Wildman–Crippen MR) is 191 cm³/mol. The fourth-order valence-corrected chi connectivity index (χ4v) is 9.35. The Morgan fingerprint density at radius 2 is 1.17 bits per heavy atom. The lowest BCUT2D eigenvalue weighted by Gasteiger charge is -2.30. The topological polar surface area (TPSA) is 93.2 Å². The van der Waals surface area contributed by atoms with Crippen LogP contribution >= 0.6 is 45.9 Å². The molecule has 0 saturated heterocycles. The molecule has 2 aromatic heterocycles. The minimum atomic E-state index is -1.70. The van der Waals surface area contributed by atoms with E-state index >= 15 is 0 Å². The molecule has 14 heteroatoms. The summed E-state index contributed by atoms with van der Waals surface area (Å²) in [5.74, 6) is -0.777. The molecule has 4 radical (unpaired) electrons. The summed E-state index contributed by atoms with van der Waals surface area (Å²) >= 11 is 15.7. The molecule has 0 spiro atoms. The van der Waals surface area contributed by atoms with Crippen LogP contribution in [0.5, 0.6) is 11.5 Å². The molecule has 4 aromatic rings. The molecule has 4 heterocycles. The molecule has 0 aliphatic carbocycles. The second-order valence-electron chi connectivity index (χ2n) is 12.3. The van der Waals surface area contributed by atoms with Crippen LogP contribution in [0.2, 0.25) is 5.21 Å². The van der Waals surface area contributed by atoms with Crippen LogP contribution in [0.4, 0.5) is 11.4 Å². The van der Waals surface area contributed by atoms with Gasteiger partial charge in [-0.1, -0.05) is 5.21 Å². The van der Waals surface area contributed by atoms with Crippen LogP contribution in [0, 0.1) is 13.8 Å². The first-order chi connectivity index (χ1) is 22.2. The summed E-state index contributed by atoms with van der Waals surface area (Å²) in [7, 11) is 13.0. The Bertz CT molecular complexity index is 1840. The number of benzene rings is 2. The molecule has 240 valence electrons. The van der Waals surface area contributed by atoms with E-state index in [1.165, 1.54) is 36.5 Å². The lowest BCUT2D eigenvalue weighted by atomic mass is 9.50. The summed E-state index contributed by atoms with van der Waals surface area (Å²) in [6, 6.07) is 3.39. The van der Waals surface area contributed by atoms with Gasteiger partial charge in [0.25, 0.3) is 0 Å². The quantitative estimate of drug-likeness (QED) is 0.0861. The number of carbonyl (C=O) groups excluding carboxylic acids is 4. The maximum Gasteiger partial charge on any atom is 0.308 e. The van der Waals surface area contributed by atoms with Gasteiger partial charge in [-0.2, -0.15) is 0 Å². The van der Waals surface area contributed by atoms with Gasteiger partial charge in [0.1, 0.15) is 0 Å². The van der Waals surface area contributed by atoms with Crippen molar-refractivity contribution in [1.29, 1.82) is 0 Å². The summed E-state index contributed by atoms with van der Waals surface area (Å²) in [4.78, 5) is 54.8. The molecule has 6 rings (SSSR count). The van der Waals surface area contributed by atoms with Crippen molar-refractivity contribution in [3.8, 4) is 11.5 Å². The highest BCUT2D eigenvalue weighted by Crippen LogP contribution is 2.51. The van der Waals surface area contributed by atoms with Gasteiger partial charge in [-0.05, 0) is 46.9 Å². The van der Waals surface area contributed by atoms with Gasteiger partial charge >= 0.3 is 11.9 Å². The van der Waals surface area contributed by atoms with Gasteiger partial charge in [-0.15, -0.1) is 45.9 Å². The third-order valence-electron chi connectivity index (χ3n) is 8.67. The van der Waals surface area contributed by atoms with E-state index < -0.39 is 17.2 Å². The Morgan fingerprint density at radius 1 is 0.787 bits per heavy atom. The van der Waals surface area contributed by atoms with Crippen LogP contribution in [0.3, 0.4) is 0 Å². The number of fused-ring (bicyclic) bond motifs is 6. The molecule has 0 N–H and O–H groups in total. The Hall–Kier alpha value is -3.05. The molecular weight excluding hydrogens is 677 g/mol. The molecule has 2 amide bonds. The second-order valence-corrected chi connectivity index (χ2v) is 14.7. The molecule has 2 aliphatic rings. The van der Waals surface area contributed by atoms with Crippen LogP contribution < -0.4 is 19.3 Å². The van der Waals surface area contributed by atoms with Crippen LogP contribution in [0.1, 0.15) is 60.8 Å². The number of amides is 2. The molecule has 2 atom stereocenters. The maximum absolute atomic E-state index is 13.9. The minimum Gasteiger partial charge on any atom is -0.425 e. The number of aryl methyl sites for hydroxylation is 2. The number of carbonyl (C=O) groups is 4. The van der Waals surface area contributed by atoms with E-state index in [4.69, 9.17) is 48.4 Å². The number of ether oxygens (including phenoxy) is 2. The van der Waals surface area contributed by atoms with Gasteiger partial charge in [-0.25, -0.2) is 0 Å². The van der Waals surface area contributed by atoms with Crippen LogP contribution in [0.25, 0.3) is 20.2 Å². The largest absolute Gasteiger partial charge is 0.425 e. The number of rotatable bonds is 8. The smallest absolute Gasteiger partial charge is 0.308 e. The first kappa shape index (κ1) is 33.8. The van der Waals surface area contributed by atoms with Gasteiger partial charge in [-0.3, -0.25) is 19.2 Å².